The molecule has 3 aromatic rings. The molecule has 3 aromatic carbocycles. The van der Waals surface area contributed by atoms with Crippen molar-refractivity contribution in [2.45, 2.75) is 58.9 Å². The lowest BCUT2D eigenvalue weighted by Gasteiger charge is -2.34. The second-order valence-electron chi connectivity index (χ2n) is 11.5. The van der Waals surface area contributed by atoms with Crippen molar-refractivity contribution in [3.63, 3.8) is 0 Å². The van der Waals surface area contributed by atoms with Crippen LogP contribution in [0.4, 0.5) is 0 Å². The van der Waals surface area contributed by atoms with Gasteiger partial charge in [-0.25, -0.2) is 4.79 Å². The third kappa shape index (κ3) is 6.64. The summed E-state index contributed by atoms with van der Waals surface area (Å²) >= 11 is 0. The number of likely N-dealkylation sites (tertiary alicyclic amines) is 1. The molecule has 0 saturated carbocycles. The highest BCUT2D eigenvalue weighted by Gasteiger charge is 2.37. The molecule has 0 aromatic heterocycles. The first-order chi connectivity index (χ1) is 20.3. The number of aryl methyl sites for hydroxylation is 1. The number of ether oxygens (including phenoxy) is 1. The number of amides is 2. The molecule has 218 valence electrons. The van der Waals surface area contributed by atoms with Crippen LogP contribution in [0.15, 0.2) is 90.1 Å². The summed E-state index contributed by atoms with van der Waals surface area (Å²) in [6.45, 7) is 7.75. The van der Waals surface area contributed by atoms with Gasteiger partial charge in [0.15, 0.2) is 0 Å². The van der Waals surface area contributed by atoms with Crippen LogP contribution in [0.3, 0.4) is 0 Å². The van der Waals surface area contributed by atoms with Crippen LogP contribution in [0.2, 0.25) is 0 Å². The van der Waals surface area contributed by atoms with Gasteiger partial charge in [0.1, 0.15) is 0 Å². The standard InChI is InChI=1S/C36H40N2O4/c1-4-42-36(41)34-26(3)38(33(39)23-32(34)31-12-8-9-25(2)21-31)24-29-13-15-30(16-14-29)35(40)37-19-17-28(18-20-37)22-27-10-6-5-7-11-27/h5-16,21,28,32H,4,17-20,22-24H2,1-3H3. The van der Waals surface area contributed by atoms with Gasteiger partial charge < -0.3 is 14.5 Å². The zero-order chi connectivity index (χ0) is 29.6. The molecule has 0 aliphatic carbocycles. The summed E-state index contributed by atoms with van der Waals surface area (Å²) < 4.78 is 5.43. The predicted molar refractivity (Wildman–Crippen MR) is 164 cm³/mol. The minimum absolute atomic E-state index is 0.0365. The van der Waals surface area contributed by atoms with Gasteiger partial charge in [-0.3, -0.25) is 9.59 Å². The van der Waals surface area contributed by atoms with E-state index in [1.54, 1.807) is 11.8 Å². The minimum Gasteiger partial charge on any atom is -0.463 e. The van der Waals surface area contributed by atoms with Crippen molar-refractivity contribution < 1.29 is 19.1 Å². The molecular formula is C36H40N2O4. The van der Waals surface area contributed by atoms with E-state index in [4.69, 9.17) is 4.74 Å². The third-order valence-corrected chi connectivity index (χ3v) is 8.57. The van der Waals surface area contributed by atoms with E-state index in [0.29, 0.717) is 29.3 Å². The van der Waals surface area contributed by atoms with Crippen LogP contribution in [0.5, 0.6) is 0 Å². The molecule has 42 heavy (non-hydrogen) atoms. The van der Waals surface area contributed by atoms with Gasteiger partial charge in [0, 0.05) is 36.7 Å². The van der Waals surface area contributed by atoms with Crippen LogP contribution in [0.1, 0.15) is 71.6 Å². The molecule has 6 nitrogen and oxygen atoms in total. The Labute approximate surface area is 249 Å². The summed E-state index contributed by atoms with van der Waals surface area (Å²) in [6.07, 6.45) is 3.28. The summed E-state index contributed by atoms with van der Waals surface area (Å²) in [6, 6.07) is 26.0. The van der Waals surface area contributed by atoms with E-state index >= 15 is 0 Å². The number of piperidine rings is 1. The molecule has 2 amide bonds. The van der Waals surface area contributed by atoms with E-state index in [1.165, 1.54) is 5.56 Å². The van der Waals surface area contributed by atoms with Crippen molar-refractivity contribution in [1.82, 2.24) is 9.80 Å². The average molecular weight is 565 g/mol. The second-order valence-corrected chi connectivity index (χ2v) is 11.5. The summed E-state index contributed by atoms with van der Waals surface area (Å²) in [5.74, 6) is -0.111. The Balaban J connectivity index is 1.26. The Bertz CT molecular complexity index is 1450. The molecular weight excluding hydrogens is 524 g/mol. The van der Waals surface area contributed by atoms with Gasteiger partial charge in [0.2, 0.25) is 5.91 Å². The highest BCUT2D eigenvalue weighted by molar-refractivity contribution is 5.96. The van der Waals surface area contributed by atoms with Crippen LogP contribution < -0.4 is 0 Å². The molecule has 2 aliphatic heterocycles. The van der Waals surface area contributed by atoms with E-state index in [2.05, 4.69) is 24.3 Å². The highest BCUT2D eigenvalue weighted by Crippen LogP contribution is 2.38. The molecule has 0 bridgehead atoms. The van der Waals surface area contributed by atoms with Crippen LogP contribution in [-0.4, -0.2) is 47.3 Å². The van der Waals surface area contributed by atoms with E-state index in [0.717, 1.165) is 49.0 Å². The first-order valence-corrected chi connectivity index (χ1v) is 15.0. The highest BCUT2D eigenvalue weighted by atomic mass is 16.5. The van der Waals surface area contributed by atoms with Gasteiger partial charge in [0.25, 0.3) is 5.91 Å². The molecule has 1 fully saturated rings. The van der Waals surface area contributed by atoms with Gasteiger partial charge in [-0.05, 0) is 74.8 Å². The number of carbonyl (C=O) groups is 3. The maximum atomic E-state index is 13.4. The third-order valence-electron chi connectivity index (χ3n) is 8.57. The molecule has 2 heterocycles. The number of allylic oxidation sites excluding steroid dienone is 1. The van der Waals surface area contributed by atoms with Crippen molar-refractivity contribution in [2.75, 3.05) is 19.7 Å². The van der Waals surface area contributed by atoms with Crippen LogP contribution in [0, 0.1) is 12.8 Å². The van der Waals surface area contributed by atoms with E-state index in [1.807, 2.05) is 73.3 Å². The van der Waals surface area contributed by atoms with Gasteiger partial charge in [0.05, 0.1) is 18.7 Å². The first-order valence-electron chi connectivity index (χ1n) is 15.0. The van der Waals surface area contributed by atoms with Crippen molar-refractivity contribution in [3.05, 3.63) is 118 Å². The van der Waals surface area contributed by atoms with E-state index < -0.39 is 0 Å². The number of esters is 1. The number of hydrogen-bond donors (Lipinski definition) is 0. The second kappa shape index (κ2) is 13.2. The molecule has 1 saturated heterocycles. The normalized spacial score (nSPS) is 17.9. The summed E-state index contributed by atoms with van der Waals surface area (Å²) in [4.78, 5) is 43.4. The van der Waals surface area contributed by atoms with Crippen LogP contribution in [-0.2, 0) is 27.3 Å². The number of nitrogens with zero attached hydrogens (tertiary/aromatic N) is 2. The zero-order valence-electron chi connectivity index (χ0n) is 24.8. The fourth-order valence-electron chi connectivity index (χ4n) is 6.25. The quantitative estimate of drug-likeness (QED) is 0.295. The Morgan fingerprint density at radius 1 is 0.881 bits per heavy atom. The Hall–Kier alpha value is -4.19. The fourth-order valence-corrected chi connectivity index (χ4v) is 6.25. The summed E-state index contributed by atoms with van der Waals surface area (Å²) in [5, 5.41) is 0. The Morgan fingerprint density at radius 2 is 1.60 bits per heavy atom. The van der Waals surface area contributed by atoms with Gasteiger partial charge in [-0.15, -0.1) is 0 Å². The molecule has 0 spiro atoms. The summed E-state index contributed by atoms with van der Waals surface area (Å²) in [7, 11) is 0. The lowest BCUT2D eigenvalue weighted by molar-refractivity contribution is -0.140. The van der Waals surface area contributed by atoms with E-state index in [9.17, 15) is 14.4 Å². The monoisotopic (exact) mass is 564 g/mol. The van der Waals surface area contributed by atoms with Crippen LogP contribution >= 0.6 is 0 Å². The largest absolute Gasteiger partial charge is 0.463 e. The number of carbonyl (C=O) groups excluding carboxylic acids is 3. The van der Waals surface area contributed by atoms with Crippen molar-refractivity contribution in [3.8, 4) is 0 Å². The predicted octanol–water partition coefficient (Wildman–Crippen LogP) is 6.44. The number of benzene rings is 3. The maximum Gasteiger partial charge on any atom is 0.336 e. The topological polar surface area (TPSA) is 66.9 Å². The molecule has 6 heteroatoms. The maximum absolute atomic E-state index is 13.4. The smallest absolute Gasteiger partial charge is 0.336 e. The lowest BCUT2D eigenvalue weighted by atomic mass is 9.83. The lowest BCUT2D eigenvalue weighted by Crippen LogP contribution is -2.39. The van der Waals surface area contributed by atoms with Gasteiger partial charge >= 0.3 is 5.97 Å². The molecule has 0 N–H and O–H groups in total. The van der Waals surface area contributed by atoms with Gasteiger partial charge in [-0.1, -0.05) is 72.3 Å². The Kier molecular flexibility index (Phi) is 9.21. The van der Waals surface area contributed by atoms with Crippen molar-refractivity contribution in [2.24, 2.45) is 5.92 Å². The first kappa shape index (κ1) is 29.3. The summed E-state index contributed by atoms with van der Waals surface area (Å²) in [5.41, 5.74) is 6.09. The van der Waals surface area contributed by atoms with Crippen molar-refractivity contribution in [1.29, 1.82) is 0 Å². The number of hydrogen-bond acceptors (Lipinski definition) is 4. The zero-order valence-corrected chi connectivity index (χ0v) is 24.8. The van der Waals surface area contributed by atoms with Crippen LogP contribution in [0.25, 0.3) is 0 Å². The SMILES string of the molecule is CCOC(=O)C1=C(C)N(Cc2ccc(C(=O)N3CCC(Cc4ccccc4)CC3)cc2)C(=O)CC1c1cccc(C)c1. The number of rotatable bonds is 8. The average Bonchev–Trinajstić information content (AvgIpc) is 3.00. The van der Waals surface area contributed by atoms with Crippen molar-refractivity contribution >= 4 is 17.8 Å². The van der Waals surface area contributed by atoms with E-state index in [-0.39, 0.29) is 36.7 Å². The Morgan fingerprint density at radius 3 is 2.26 bits per heavy atom. The molecule has 5 rings (SSSR count). The minimum atomic E-state index is -0.382. The molecule has 2 aliphatic rings. The molecule has 1 atom stereocenters. The molecule has 1 unspecified atom stereocenters. The molecule has 0 radical (unpaired) electrons. The fraction of sp³-hybridized carbons (Fsp3) is 0.361. The van der Waals surface area contributed by atoms with Gasteiger partial charge in [-0.2, -0.15) is 0 Å².